The molecule has 7 heteroatoms. The molecular weight excluding hydrogens is 296 g/mol. The molecule has 0 spiro atoms. The fourth-order valence-corrected chi connectivity index (χ4v) is 2.65. The normalized spacial score (nSPS) is 28.4. The van der Waals surface area contributed by atoms with Crippen molar-refractivity contribution in [3.63, 3.8) is 0 Å². The third kappa shape index (κ3) is 2.56. The standard InChI is InChI=1S/C15H17F2NO4/c1-21-12(19)14(16)9-18(8-11-6-4-3-5-7-11)10-15(14,17)13(20)22-2/h3-7H,8-10H2,1-2H3. The van der Waals surface area contributed by atoms with E-state index in [-0.39, 0.29) is 6.54 Å². The summed E-state index contributed by atoms with van der Waals surface area (Å²) in [5.74, 6) is -2.84. The Bertz CT molecular complexity index is 538. The largest absolute Gasteiger partial charge is 0.467 e. The lowest BCUT2D eigenvalue weighted by atomic mass is 9.89. The van der Waals surface area contributed by atoms with Gasteiger partial charge in [0.2, 0.25) is 0 Å². The minimum Gasteiger partial charge on any atom is -0.467 e. The molecule has 1 aliphatic heterocycles. The molecule has 0 aromatic heterocycles. The van der Waals surface area contributed by atoms with Crippen molar-refractivity contribution < 1.29 is 27.8 Å². The molecule has 1 saturated heterocycles. The van der Waals surface area contributed by atoms with E-state index in [0.717, 1.165) is 19.8 Å². The van der Waals surface area contributed by atoms with E-state index in [0.29, 0.717) is 0 Å². The smallest absolute Gasteiger partial charge is 0.349 e. The van der Waals surface area contributed by atoms with E-state index in [1.165, 1.54) is 4.90 Å². The predicted octanol–water partition coefficient (Wildman–Crippen LogP) is 1.26. The molecule has 1 aromatic rings. The maximum atomic E-state index is 15.0. The minimum absolute atomic E-state index is 0.201. The van der Waals surface area contributed by atoms with Crippen LogP contribution >= 0.6 is 0 Å². The minimum atomic E-state index is -3.09. The SMILES string of the molecule is COC(=O)C1(F)CN(Cc2ccccc2)CC1(F)C(=O)OC. The fraction of sp³-hybridized carbons (Fsp3) is 0.467. The van der Waals surface area contributed by atoms with Gasteiger partial charge in [0.05, 0.1) is 14.2 Å². The molecule has 0 bridgehead atoms. The summed E-state index contributed by atoms with van der Waals surface area (Å²) in [6, 6.07) is 8.97. The monoisotopic (exact) mass is 313 g/mol. The van der Waals surface area contributed by atoms with E-state index in [1.807, 2.05) is 6.07 Å². The highest BCUT2D eigenvalue weighted by Gasteiger charge is 2.70. The molecule has 1 aromatic carbocycles. The topological polar surface area (TPSA) is 55.8 Å². The van der Waals surface area contributed by atoms with Crippen molar-refractivity contribution in [1.82, 2.24) is 4.90 Å². The average Bonchev–Trinajstić information content (AvgIpc) is 2.79. The van der Waals surface area contributed by atoms with Gasteiger partial charge in [-0.25, -0.2) is 18.4 Å². The molecule has 120 valence electrons. The second-order valence-electron chi connectivity index (χ2n) is 5.22. The van der Waals surface area contributed by atoms with Crippen LogP contribution in [0, 0.1) is 0 Å². The van der Waals surface area contributed by atoms with Crippen molar-refractivity contribution >= 4 is 11.9 Å². The van der Waals surface area contributed by atoms with Crippen LogP contribution in [0.2, 0.25) is 0 Å². The number of ether oxygens (including phenoxy) is 2. The second-order valence-corrected chi connectivity index (χ2v) is 5.22. The first kappa shape index (κ1) is 16.4. The van der Waals surface area contributed by atoms with Gasteiger partial charge >= 0.3 is 11.9 Å². The van der Waals surface area contributed by atoms with Gasteiger partial charge in [-0.2, -0.15) is 0 Å². The number of hydrogen-bond acceptors (Lipinski definition) is 5. The Morgan fingerprint density at radius 2 is 1.50 bits per heavy atom. The Labute approximate surface area is 126 Å². The summed E-state index contributed by atoms with van der Waals surface area (Å²) >= 11 is 0. The number of likely N-dealkylation sites (tertiary alicyclic amines) is 1. The molecule has 1 aliphatic rings. The van der Waals surface area contributed by atoms with Crippen LogP contribution in [0.4, 0.5) is 8.78 Å². The summed E-state index contributed by atoms with van der Waals surface area (Å²) in [5, 5.41) is 0. The number of esters is 2. The first-order valence-electron chi connectivity index (χ1n) is 6.68. The summed E-state index contributed by atoms with van der Waals surface area (Å²) in [7, 11) is 1.89. The van der Waals surface area contributed by atoms with Crippen LogP contribution in [0.5, 0.6) is 0 Å². The first-order chi connectivity index (χ1) is 10.4. The maximum Gasteiger partial charge on any atom is 0.349 e. The summed E-state index contributed by atoms with van der Waals surface area (Å²) in [6.07, 6.45) is 0. The summed E-state index contributed by atoms with van der Waals surface area (Å²) in [5.41, 5.74) is -5.38. The van der Waals surface area contributed by atoms with Crippen LogP contribution in [0.3, 0.4) is 0 Å². The van der Waals surface area contributed by atoms with Gasteiger partial charge < -0.3 is 9.47 Å². The molecule has 0 N–H and O–H groups in total. The van der Waals surface area contributed by atoms with Gasteiger partial charge in [-0.05, 0) is 5.56 Å². The summed E-state index contributed by atoms with van der Waals surface area (Å²) in [6.45, 7) is -0.966. The van der Waals surface area contributed by atoms with Crippen molar-refractivity contribution in [2.75, 3.05) is 27.3 Å². The van der Waals surface area contributed by atoms with Crippen molar-refractivity contribution in [3.8, 4) is 0 Å². The van der Waals surface area contributed by atoms with Crippen LogP contribution in [0.15, 0.2) is 30.3 Å². The highest BCUT2D eigenvalue weighted by molar-refractivity contribution is 5.94. The number of hydrogen-bond donors (Lipinski definition) is 0. The summed E-state index contributed by atoms with van der Waals surface area (Å²) < 4.78 is 38.6. The van der Waals surface area contributed by atoms with Crippen molar-refractivity contribution in [2.24, 2.45) is 0 Å². The van der Waals surface area contributed by atoms with Crippen LogP contribution in [0.25, 0.3) is 0 Å². The molecule has 2 rings (SSSR count). The molecule has 0 saturated carbocycles. The van der Waals surface area contributed by atoms with E-state index in [2.05, 4.69) is 9.47 Å². The molecule has 5 nitrogen and oxygen atoms in total. The quantitative estimate of drug-likeness (QED) is 0.784. The second kappa shape index (κ2) is 6.00. The zero-order valence-electron chi connectivity index (χ0n) is 12.3. The lowest BCUT2D eigenvalue weighted by Gasteiger charge is -2.27. The van der Waals surface area contributed by atoms with E-state index in [4.69, 9.17) is 0 Å². The van der Waals surface area contributed by atoms with Crippen molar-refractivity contribution in [2.45, 2.75) is 17.9 Å². The van der Waals surface area contributed by atoms with Gasteiger partial charge in [0.25, 0.3) is 11.3 Å². The molecule has 2 atom stereocenters. The Morgan fingerprint density at radius 3 is 1.91 bits per heavy atom. The number of halogens is 2. The number of benzene rings is 1. The van der Waals surface area contributed by atoms with Gasteiger partial charge in [-0.3, -0.25) is 4.90 Å². The third-order valence-corrected chi connectivity index (χ3v) is 3.78. The molecule has 1 heterocycles. The zero-order chi connectivity index (χ0) is 16.4. The van der Waals surface area contributed by atoms with Gasteiger partial charge in [0, 0.05) is 19.6 Å². The van der Waals surface area contributed by atoms with Gasteiger partial charge in [-0.15, -0.1) is 0 Å². The maximum absolute atomic E-state index is 15.0. The van der Waals surface area contributed by atoms with Gasteiger partial charge in [0.1, 0.15) is 0 Å². The molecule has 0 aliphatic carbocycles. The van der Waals surface area contributed by atoms with E-state index in [9.17, 15) is 18.4 Å². The number of carbonyl (C=O) groups excluding carboxylic acids is 2. The van der Waals surface area contributed by atoms with Crippen LogP contribution in [-0.2, 0) is 25.6 Å². The van der Waals surface area contributed by atoms with Crippen molar-refractivity contribution in [3.05, 3.63) is 35.9 Å². The van der Waals surface area contributed by atoms with Gasteiger partial charge in [0.15, 0.2) is 0 Å². The molecule has 22 heavy (non-hydrogen) atoms. The number of nitrogens with zero attached hydrogens (tertiary/aromatic N) is 1. The molecule has 2 unspecified atom stereocenters. The molecular formula is C15H17F2NO4. The summed E-state index contributed by atoms with van der Waals surface area (Å²) in [4.78, 5) is 24.7. The van der Waals surface area contributed by atoms with Crippen molar-refractivity contribution in [1.29, 1.82) is 0 Å². The third-order valence-electron chi connectivity index (χ3n) is 3.78. The Kier molecular flexibility index (Phi) is 4.46. The van der Waals surface area contributed by atoms with E-state index < -0.39 is 36.4 Å². The first-order valence-corrected chi connectivity index (χ1v) is 6.68. The lowest BCUT2D eigenvalue weighted by molar-refractivity contribution is -0.177. The van der Waals surface area contributed by atoms with Gasteiger partial charge in [-0.1, -0.05) is 30.3 Å². The predicted molar refractivity (Wildman–Crippen MR) is 73.4 cm³/mol. The van der Waals surface area contributed by atoms with Crippen LogP contribution in [0.1, 0.15) is 5.56 Å². The molecule has 0 radical (unpaired) electrons. The number of rotatable bonds is 4. The highest BCUT2D eigenvalue weighted by atomic mass is 19.2. The van der Waals surface area contributed by atoms with E-state index >= 15 is 0 Å². The Hall–Kier alpha value is -2.02. The van der Waals surface area contributed by atoms with Crippen LogP contribution < -0.4 is 0 Å². The lowest BCUT2D eigenvalue weighted by Crippen LogP contribution is -2.58. The molecule has 0 amide bonds. The van der Waals surface area contributed by atoms with Crippen LogP contribution in [-0.4, -0.2) is 55.5 Å². The zero-order valence-corrected chi connectivity index (χ0v) is 12.3. The average molecular weight is 313 g/mol. The Balaban J connectivity index is 2.29. The number of alkyl halides is 2. The Morgan fingerprint density at radius 1 is 1.05 bits per heavy atom. The number of carbonyl (C=O) groups is 2. The highest BCUT2D eigenvalue weighted by Crippen LogP contribution is 2.41. The number of methoxy groups -OCH3 is 2. The fourth-order valence-electron chi connectivity index (χ4n) is 2.65. The molecule has 1 fully saturated rings. The van der Waals surface area contributed by atoms with E-state index in [1.54, 1.807) is 24.3 Å².